The van der Waals surface area contributed by atoms with Crippen LogP contribution in [0.15, 0.2) is 60.0 Å². The smallest absolute Gasteiger partial charge is 0.336 e. The zero-order chi connectivity index (χ0) is 39.8. The maximum atomic E-state index is 13.6. The first kappa shape index (κ1) is 43.3. The summed E-state index contributed by atoms with van der Waals surface area (Å²) in [5.74, 6) is -5.05. The van der Waals surface area contributed by atoms with Crippen molar-refractivity contribution < 1.29 is 39.0 Å². The van der Waals surface area contributed by atoms with Gasteiger partial charge in [0.15, 0.2) is 0 Å². The summed E-state index contributed by atoms with van der Waals surface area (Å²) >= 11 is 1.11. The monoisotopic (exact) mass is 764 g/mol. The van der Waals surface area contributed by atoms with Crippen LogP contribution in [0.4, 0.5) is 0 Å². The molecule has 0 aliphatic carbocycles. The van der Waals surface area contributed by atoms with Crippen LogP contribution in [0.2, 0.25) is 0 Å². The second kappa shape index (κ2) is 21.5. The Hall–Kier alpha value is -5.15. The van der Waals surface area contributed by atoms with Crippen molar-refractivity contribution in [3.05, 3.63) is 87.4 Å². The molecule has 0 saturated heterocycles. The van der Waals surface area contributed by atoms with Crippen molar-refractivity contribution in [1.82, 2.24) is 31.2 Å². The van der Waals surface area contributed by atoms with Gasteiger partial charge in [0, 0.05) is 17.5 Å². The van der Waals surface area contributed by atoms with Crippen LogP contribution in [0, 0.1) is 11.8 Å². The average Bonchev–Trinajstić information content (AvgIpc) is 3.63. The molecule has 14 nitrogen and oxygen atoms in total. The van der Waals surface area contributed by atoms with E-state index in [9.17, 15) is 39.0 Å². The zero-order valence-electron chi connectivity index (χ0n) is 31.5. The number of aliphatic carboxylic acids is 1. The molecule has 2 aromatic carbocycles. The van der Waals surface area contributed by atoms with E-state index in [0.29, 0.717) is 11.4 Å². The van der Waals surface area contributed by atoms with Crippen molar-refractivity contribution >= 4 is 46.9 Å². The molecule has 0 radical (unpaired) electrons. The van der Waals surface area contributed by atoms with E-state index in [1.807, 2.05) is 56.1 Å². The van der Waals surface area contributed by atoms with Crippen molar-refractivity contribution in [1.29, 1.82) is 0 Å². The molecule has 1 aromatic heterocycles. The Bertz CT molecular complexity index is 1730. The number of nitrogens with zero attached hydrogens (tertiary/aromatic N) is 2. The number of thiazole rings is 1. The van der Waals surface area contributed by atoms with Gasteiger partial charge >= 0.3 is 11.9 Å². The zero-order valence-corrected chi connectivity index (χ0v) is 32.3. The molecule has 0 spiro atoms. The van der Waals surface area contributed by atoms with E-state index in [-0.39, 0.29) is 54.6 Å². The van der Waals surface area contributed by atoms with Crippen LogP contribution in [-0.4, -0.2) is 94.4 Å². The lowest BCUT2D eigenvalue weighted by atomic mass is 9.96. The Labute approximate surface area is 320 Å². The molecule has 0 bridgehead atoms. The number of amides is 4. The molecule has 1 heterocycles. The minimum absolute atomic E-state index is 0.0537. The Morgan fingerprint density at radius 3 is 2.13 bits per heavy atom. The van der Waals surface area contributed by atoms with E-state index in [4.69, 9.17) is 0 Å². The van der Waals surface area contributed by atoms with Gasteiger partial charge in [0.05, 0.1) is 36.2 Å². The number of carboxylic acids is 2. The highest BCUT2D eigenvalue weighted by atomic mass is 32.1. The van der Waals surface area contributed by atoms with Crippen LogP contribution >= 0.6 is 11.3 Å². The summed E-state index contributed by atoms with van der Waals surface area (Å²) in [4.78, 5) is 82.7. The van der Waals surface area contributed by atoms with Gasteiger partial charge in [-0.25, -0.2) is 9.78 Å². The second-order valence-electron chi connectivity index (χ2n) is 13.8. The summed E-state index contributed by atoms with van der Waals surface area (Å²) < 4.78 is 0. The third kappa shape index (κ3) is 14.0. The lowest BCUT2D eigenvalue weighted by molar-refractivity contribution is -0.141. The Morgan fingerprint density at radius 1 is 0.833 bits per heavy atom. The first-order valence-electron chi connectivity index (χ1n) is 18.1. The standard InChI is InChI=1S/C39H52N6O8S/c1-6-7-17-45(5)22-34(47)40-21-33(46)42-30(24(2)3)20-31(43-35(48)28-15-11-12-16-29(28)39(52)53)37-44-32(23-54-37)36(49)41-27(18-25(4)38(50)51)19-26-13-9-8-10-14-26/h8-16,23-25,27,30-31H,6-7,17-22H2,1-5H3,(H,40,47)(H,41,49)(H,42,46)(H,43,48)(H,50,51)(H,52,53). The van der Waals surface area contributed by atoms with E-state index < -0.39 is 53.7 Å². The molecular weight excluding hydrogens is 713 g/mol. The normalized spacial score (nSPS) is 13.4. The van der Waals surface area contributed by atoms with Gasteiger partial charge < -0.3 is 31.5 Å². The predicted octanol–water partition coefficient (Wildman–Crippen LogP) is 4.14. The number of nitrogens with one attached hydrogen (secondary N) is 4. The number of aromatic carboxylic acids is 1. The van der Waals surface area contributed by atoms with Crippen LogP contribution in [0.1, 0.15) is 101 Å². The Kier molecular flexibility index (Phi) is 17.2. The summed E-state index contributed by atoms with van der Waals surface area (Å²) in [6.45, 7) is 8.07. The second-order valence-corrected chi connectivity index (χ2v) is 14.7. The van der Waals surface area contributed by atoms with Crippen molar-refractivity contribution in [3.8, 4) is 0 Å². The van der Waals surface area contributed by atoms with Crippen LogP contribution in [0.3, 0.4) is 0 Å². The SMILES string of the molecule is CCCCN(C)CC(=O)NCC(=O)NC(CC(NC(=O)c1ccccc1C(=O)O)c1nc(C(=O)NC(Cc2ccccc2)CC(C)C(=O)O)cs1)C(C)C. The van der Waals surface area contributed by atoms with Gasteiger partial charge in [-0.05, 0) is 62.9 Å². The molecule has 15 heteroatoms. The maximum absolute atomic E-state index is 13.6. The van der Waals surface area contributed by atoms with E-state index in [2.05, 4.69) is 33.2 Å². The summed E-state index contributed by atoms with van der Waals surface area (Å²) in [6, 6.07) is 13.2. The summed E-state index contributed by atoms with van der Waals surface area (Å²) in [7, 11) is 1.84. The number of likely N-dealkylation sites (N-methyl/N-ethyl adjacent to an activating group) is 1. The quantitative estimate of drug-likeness (QED) is 0.0862. The molecule has 4 unspecified atom stereocenters. The Balaban J connectivity index is 1.84. The molecule has 3 aromatic rings. The van der Waals surface area contributed by atoms with Crippen molar-refractivity contribution in [3.63, 3.8) is 0 Å². The third-order valence-electron chi connectivity index (χ3n) is 8.87. The van der Waals surface area contributed by atoms with Crippen molar-refractivity contribution in [2.75, 3.05) is 26.7 Å². The predicted molar refractivity (Wildman–Crippen MR) is 205 cm³/mol. The largest absolute Gasteiger partial charge is 0.481 e. The fraction of sp³-hybridized carbons (Fsp3) is 0.462. The number of rotatable bonds is 22. The number of carboxylic acid groups (broad SMARTS) is 2. The summed E-state index contributed by atoms with van der Waals surface area (Å²) in [6.07, 6.45) is 2.65. The molecule has 4 amide bonds. The first-order valence-corrected chi connectivity index (χ1v) is 19.0. The molecule has 6 N–H and O–H groups in total. The fourth-order valence-electron chi connectivity index (χ4n) is 5.75. The van der Waals surface area contributed by atoms with Crippen molar-refractivity contribution in [2.24, 2.45) is 11.8 Å². The van der Waals surface area contributed by atoms with Crippen LogP contribution in [0.5, 0.6) is 0 Å². The average molecular weight is 765 g/mol. The number of hydrogen-bond acceptors (Lipinski definition) is 9. The minimum Gasteiger partial charge on any atom is -0.481 e. The highest BCUT2D eigenvalue weighted by Gasteiger charge is 2.29. The van der Waals surface area contributed by atoms with Gasteiger partial charge in [-0.3, -0.25) is 28.9 Å². The highest BCUT2D eigenvalue weighted by molar-refractivity contribution is 7.09. The fourth-order valence-corrected chi connectivity index (χ4v) is 6.61. The van der Waals surface area contributed by atoms with Gasteiger partial charge in [-0.15, -0.1) is 11.3 Å². The molecule has 0 fully saturated rings. The number of carbonyl (C=O) groups is 6. The van der Waals surface area contributed by atoms with E-state index >= 15 is 0 Å². The number of carbonyl (C=O) groups excluding carboxylic acids is 4. The number of aromatic nitrogens is 1. The van der Waals surface area contributed by atoms with E-state index in [0.717, 1.165) is 36.3 Å². The number of hydrogen-bond donors (Lipinski definition) is 6. The lowest BCUT2D eigenvalue weighted by Gasteiger charge is -2.27. The van der Waals surface area contributed by atoms with E-state index in [1.54, 1.807) is 13.0 Å². The molecule has 292 valence electrons. The Morgan fingerprint density at radius 2 is 1.50 bits per heavy atom. The molecule has 0 aliphatic heterocycles. The van der Waals surface area contributed by atoms with Gasteiger partial charge in [-0.2, -0.15) is 0 Å². The highest BCUT2D eigenvalue weighted by Crippen LogP contribution is 2.26. The topological polar surface area (TPSA) is 207 Å². The van der Waals surface area contributed by atoms with Crippen LogP contribution < -0.4 is 21.3 Å². The van der Waals surface area contributed by atoms with E-state index in [1.165, 1.54) is 23.6 Å². The summed E-state index contributed by atoms with van der Waals surface area (Å²) in [5, 5.41) is 32.6. The molecule has 3 rings (SSSR count). The first-order chi connectivity index (χ1) is 25.7. The van der Waals surface area contributed by atoms with Gasteiger partial charge in [-0.1, -0.05) is 76.6 Å². The number of unbranched alkanes of at least 4 members (excludes halogenated alkanes) is 1. The van der Waals surface area contributed by atoms with Gasteiger partial charge in [0.1, 0.15) is 10.7 Å². The van der Waals surface area contributed by atoms with Gasteiger partial charge in [0.25, 0.3) is 11.8 Å². The maximum Gasteiger partial charge on any atom is 0.336 e. The third-order valence-corrected chi connectivity index (χ3v) is 9.83. The molecule has 0 aliphatic rings. The molecule has 4 atom stereocenters. The molecule has 54 heavy (non-hydrogen) atoms. The van der Waals surface area contributed by atoms with Crippen LogP contribution in [0.25, 0.3) is 0 Å². The lowest BCUT2D eigenvalue weighted by Crippen LogP contribution is -2.47. The minimum atomic E-state index is -1.28. The summed E-state index contributed by atoms with van der Waals surface area (Å²) in [5.41, 5.74) is 0.706. The van der Waals surface area contributed by atoms with Crippen molar-refractivity contribution in [2.45, 2.75) is 77.9 Å². The molecule has 0 saturated carbocycles. The number of benzene rings is 2. The van der Waals surface area contributed by atoms with Gasteiger partial charge in [0.2, 0.25) is 11.8 Å². The van der Waals surface area contributed by atoms with Crippen LogP contribution in [-0.2, 0) is 20.8 Å². The molecular formula is C39H52N6O8S.